The summed E-state index contributed by atoms with van der Waals surface area (Å²) in [6, 6.07) is 3.86. The zero-order valence-corrected chi connectivity index (χ0v) is 9.03. The summed E-state index contributed by atoms with van der Waals surface area (Å²) < 4.78 is 0. The number of hydrogen-bond donors (Lipinski definition) is 5. The standard InChI is InChI=1S/C9H9BN4O4/c11-9(16)8-7(12-14-13-8)5-3-4(10(17)18)1-2-6(5)15/h1-3,15,17-18H,(H2,11,16)(H,12,13,14). The first-order valence-electron chi connectivity index (χ1n) is 4.90. The Morgan fingerprint density at radius 2 is 2.06 bits per heavy atom. The first-order chi connectivity index (χ1) is 8.50. The number of carbonyl (C=O) groups is 1. The van der Waals surface area contributed by atoms with Crippen LogP contribution in [0, 0.1) is 0 Å². The van der Waals surface area contributed by atoms with Crippen LogP contribution in [0.5, 0.6) is 5.75 Å². The van der Waals surface area contributed by atoms with Crippen LogP contribution < -0.4 is 11.2 Å². The third kappa shape index (κ3) is 2.04. The minimum atomic E-state index is -1.70. The van der Waals surface area contributed by atoms with Crippen molar-refractivity contribution < 1.29 is 19.9 Å². The third-order valence-corrected chi connectivity index (χ3v) is 2.36. The van der Waals surface area contributed by atoms with Crippen LogP contribution in [0.2, 0.25) is 0 Å². The lowest BCUT2D eigenvalue weighted by atomic mass is 9.79. The maximum atomic E-state index is 11.1. The fourth-order valence-electron chi connectivity index (χ4n) is 1.49. The molecule has 6 N–H and O–H groups in total. The molecule has 8 nitrogen and oxygen atoms in total. The van der Waals surface area contributed by atoms with E-state index in [0.717, 1.165) is 0 Å². The van der Waals surface area contributed by atoms with Gasteiger partial charge >= 0.3 is 7.12 Å². The number of aromatic amines is 1. The molecule has 1 aromatic heterocycles. The highest BCUT2D eigenvalue weighted by Gasteiger charge is 2.20. The first kappa shape index (κ1) is 12.1. The number of rotatable bonds is 3. The molecule has 9 heteroatoms. The summed E-state index contributed by atoms with van der Waals surface area (Å²) in [5.41, 5.74) is 5.27. The van der Waals surface area contributed by atoms with E-state index in [1.807, 2.05) is 0 Å². The number of aromatic hydroxyl groups is 1. The Balaban J connectivity index is 2.59. The normalized spacial score (nSPS) is 10.3. The molecule has 0 saturated carbocycles. The number of nitrogens with one attached hydrogen (secondary N) is 1. The SMILES string of the molecule is NC(=O)c1n[nH]nc1-c1cc(B(O)O)ccc1O. The van der Waals surface area contributed by atoms with Crippen LogP contribution in [-0.2, 0) is 0 Å². The van der Waals surface area contributed by atoms with Gasteiger partial charge in [0.05, 0.1) is 0 Å². The van der Waals surface area contributed by atoms with E-state index in [1.54, 1.807) is 0 Å². The Bertz CT molecular complexity index is 598. The van der Waals surface area contributed by atoms with E-state index in [-0.39, 0.29) is 28.2 Å². The Morgan fingerprint density at radius 1 is 1.33 bits per heavy atom. The van der Waals surface area contributed by atoms with E-state index in [1.165, 1.54) is 18.2 Å². The second kappa shape index (κ2) is 4.47. The number of nitrogens with two attached hydrogens (primary N) is 1. The molecule has 1 amide bonds. The van der Waals surface area contributed by atoms with Crippen molar-refractivity contribution >= 4 is 18.5 Å². The van der Waals surface area contributed by atoms with Gasteiger partial charge in [0.25, 0.3) is 5.91 Å². The lowest BCUT2D eigenvalue weighted by Crippen LogP contribution is -2.29. The zero-order chi connectivity index (χ0) is 13.3. The van der Waals surface area contributed by atoms with Crippen LogP contribution in [-0.4, -0.2) is 43.6 Å². The molecule has 0 atom stereocenters. The van der Waals surface area contributed by atoms with Gasteiger partial charge < -0.3 is 20.9 Å². The van der Waals surface area contributed by atoms with Crippen molar-refractivity contribution in [2.45, 2.75) is 0 Å². The molecular weight excluding hydrogens is 239 g/mol. The molecule has 0 aliphatic carbocycles. The van der Waals surface area contributed by atoms with Crippen LogP contribution in [0.3, 0.4) is 0 Å². The van der Waals surface area contributed by atoms with E-state index >= 15 is 0 Å². The van der Waals surface area contributed by atoms with E-state index in [0.29, 0.717) is 0 Å². The van der Waals surface area contributed by atoms with E-state index in [4.69, 9.17) is 15.8 Å². The molecule has 0 saturated heterocycles. The molecule has 2 rings (SSSR count). The van der Waals surface area contributed by atoms with Gasteiger partial charge in [0, 0.05) is 5.56 Å². The number of primary amides is 1. The van der Waals surface area contributed by atoms with Gasteiger partial charge in [0.1, 0.15) is 11.4 Å². The molecule has 0 bridgehead atoms. The lowest BCUT2D eigenvalue weighted by molar-refractivity contribution is 0.0996. The highest BCUT2D eigenvalue weighted by atomic mass is 16.4. The predicted molar refractivity (Wildman–Crippen MR) is 61.8 cm³/mol. The molecule has 0 aliphatic heterocycles. The van der Waals surface area contributed by atoms with Gasteiger partial charge in [0.2, 0.25) is 0 Å². The largest absolute Gasteiger partial charge is 0.507 e. The first-order valence-corrected chi connectivity index (χ1v) is 4.90. The fraction of sp³-hybridized carbons (Fsp3) is 0. The van der Waals surface area contributed by atoms with E-state index in [2.05, 4.69) is 15.4 Å². The maximum absolute atomic E-state index is 11.1. The van der Waals surface area contributed by atoms with Crippen LogP contribution in [0.15, 0.2) is 18.2 Å². The highest BCUT2D eigenvalue weighted by molar-refractivity contribution is 6.58. The van der Waals surface area contributed by atoms with Gasteiger partial charge in [-0.2, -0.15) is 15.4 Å². The Morgan fingerprint density at radius 3 is 2.67 bits per heavy atom. The molecule has 1 heterocycles. The zero-order valence-electron chi connectivity index (χ0n) is 9.03. The number of H-pyrrole nitrogens is 1. The topological polar surface area (TPSA) is 145 Å². The predicted octanol–water partition coefficient (Wildman–Crippen LogP) is -2.04. The lowest BCUT2D eigenvalue weighted by Gasteiger charge is -2.05. The van der Waals surface area contributed by atoms with Crippen molar-refractivity contribution in [1.82, 2.24) is 15.4 Å². The minimum Gasteiger partial charge on any atom is -0.507 e. The van der Waals surface area contributed by atoms with Crippen LogP contribution in [0.4, 0.5) is 0 Å². The third-order valence-electron chi connectivity index (χ3n) is 2.36. The molecule has 92 valence electrons. The molecule has 1 aromatic carbocycles. The summed E-state index contributed by atoms with van der Waals surface area (Å²) in [6.07, 6.45) is 0. The average molecular weight is 248 g/mol. The summed E-state index contributed by atoms with van der Waals surface area (Å²) in [5, 5.41) is 37.3. The maximum Gasteiger partial charge on any atom is 0.488 e. The number of phenols is 1. The van der Waals surface area contributed by atoms with Gasteiger partial charge in [0.15, 0.2) is 5.69 Å². The number of carbonyl (C=O) groups excluding carboxylic acids is 1. The molecule has 0 fully saturated rings. The summed E-state index contributed by atoms with van der Waals surface area (Å²) in [7, 11) is -1.70. The van der Waals surface area contributed by atoms with Crippen molar-refractivity contribution in [3.63, 3.8) is 0 Å². The van der Waals surface area contributed by atoms with Crippen molar-refractivity contribution in [2.24, 2.45) is 5.73 Å². The Kier molecular flexibility index (Phi) is 3.00. The van der Waals surface area contributed by atoms with Gasteiger partial charge in [-0.1, -0.05) is 6.07 Å². The van der Waals surface area contributed by atoms with Gasteiger partial charge in [-0.3, -0.25) is 4.79 Å². The van der Waals surface area contributed by atoms with E-state index < -0.39 is 13.0 Å². The average Bonchev–Trinajstić information content (AvgIpc) is 2.78. The second-order valence-electron chi connectivity index (χ2n) is 3.54. The number of phenolic OH excluding ortho intramolecular Hbond substituents is 1. The second-order valence-corrected chi connectivity index (χ2v) is 3.54. The van der Waals surface area contributed by atoms with Gasteiger partial charge in [-0.15, -0.1) is 0 Å². The van der Waals surface area contributed by atoms with Crippen LogP contribution in [0.1, 0.15) is 10.5 Å². The van der Waals surface area contributed by atoms with Crippen molar-refractivity contribution in [3.05, 3.63) is 23.9 Å². The fourth-order valence-corrected chi connectivity index (χ4v) is 1.49. The molecule has 0 unspecified atom stereocenters. The summed E-state index contributed by atoms with van der Waals surface area (Å²) in [4.78, 5) is 11.1. The smallest absolute Gasteiger partial charge is 0.488 e. The Hall–Kier alpha value is -2.39. The van der Waals surface area contributed by atoms with Crippen molar-refractivity contribution in [1.29, 1.82) is 0 Å². The quantitative estimate of drug-likeness (QED) is 0.395. The minimum absolute atomic E-state index is 0.0440. The molecule has 2 aromatic rings. The number of aromatic nitrogens is 3. The molecule has 0 radical (unpaired) electrons. The molecular formula is C9H9BN4O4. The van der Waals surface area contributed by atoms with Crippen molar-refractivity contribution in [3.8, 4) is 17.0 Å². The van der Waals surface area contributed by atoms with Gasteiger partial charge in [-0.25, -0.2) is 0 Å². The van der Waals surface area contributed by atoms with Crippen LogP contribution in [0.25, 0.3) is 11.3 Å². The highest BCUT2D eigenvalue weighted by Crippen LogP contribution is 2.27. The summed E-state index contributed by atoms with van der Waals surface area (Å²) in [5.74, 6) is -0.996. The van der Waals surface area contributed by atoms with E-state index in [9.17, 15) is 9.90 Å². The summed E-state index contributed by atoms with van der Waals surface area (Å²) >= 11 is 0. The number of hydrogen-bond acceptors (Lipinski definition) is 6. The molecule has 18 heavy (non-hydrogen) atoms. The number of nitrogens with zero attached hydrogens (tertiary/aromatic N) is 2. The summed E-state index contributed by atoms with van der Waals surface area (Å²) in [6.45, 7) is 0. The molecule has 0 spiro atoms. The number of benzene rings is 1. The van der Waals surface area contributed by atoms with Crippen molar-refractivity contribution in [2.75, 3.05) is 0 Å². The monoisotopic (exact) mass is 248 g/mol. The molecule has 0 aliphatic rings. The number of amides is 1. The Labute approximate surface area is 101 Å². The van der Waals surface area contributed by atoms with Gasteiger partial charge in [-0.05, 0) is 17.6 Å². The van der Waals surface area contributed by atoms with Crippen LogP contribution >= 0.6 is 0 Å².